The molecule has 0 radical (unpaired) electrons. The van der Waals surface area contributed by atoms with Gasteiger partial charge in [-0.1, -0.05) is 64.6 Å². The van der Waals surface area contributed by atoms with Gasteiger partial charge in [-0.05, 0) is 48.8 Å². The zero-order valence-corrected chi connectivity index (χ0v) is 17.6. The first-order chi connectivity index (χ1) is 14.6. The molecule has 7 heteroatoms. The molecular weight excluding hydrogens is 396 g/mol. The number of nitrogens with zero attached hydrogens (tertiary/aromatic N) is 3. The largest absolute Gasteiger partial charge is 0.354 e. The molecule has 1 atom stereocenters. The third-order valence-electron chi connectivity index (χ3n) is 5.23. The number of carbonyl (C=O) groups excluding carboxylic acids is 2. The number of aryl methyl sites for hydroxylation is 1. The molecule has 30 heavy (non-hydrogen) atoms. The maximum atomic E-state index is 13.3. The first-order valence-corrected chi connectivity index (χ1v) is 10.9. The molecule has 2 amide bonds. The standard InChI is InChI=1S/C23H24N4O2S/c1-16-7-9-18(10-8-16)21(22(28)24-14-13-17-5-3-2-4-6-17)27(19-11-12-19)23(29)20-15-30-26-25-20/h2-10,15,19,21H,11-14H2,1H3,(H,24,28). The fourth-order valence-corrected chi connectivity index (χ4v) is 3.93. The van der Waals surface area contributed by atoms with Crippen LogP contribution in [0.3, 0.4) is 0 Å². The Balaban J connectivity index is 1.57. The van der Waals surface area contributed by atoms with Gasteiger partial charge in [-0.2, -0.15) is 0 Å². The normalized spacial score (nSPS) is 14.2. The van der Waals surface area contributed by atoms with Crippen LogP contribution in [0.4, 0.5) is 0 Å². The van der Waals surface area contributed by atoms with Crippen LogP contribution in [-0.2, 0) is 11.2 Å². The highest BCUT2D eigenvalue weighted by molar-refractivity contribution is 7.03. The lowest BCUT2D eigenvalue weighted by molar-refractivity contribution is -0.126. The maximum absolute atomic E-state index is 13.3. The molecule has 154 valence electrons. The van der Waals surface area contributed by atoms with Crippen LogP contribution in [0.25, 0.3) is 0 Å². The van der Waals surface area contributed by atoms with Crippen LogP contribution in [0.1, 0.15) is 46.1 Å². The topological polar surface area (TPSA) is 75.2 Å². The summed E-state index contributed by atoms with van der Waals surface area (Å²) in [7, 11) is 0. The van der Waals surface area contributed by atoms with E-state index < -0.39 is 6.04 Å². The summed E-state index contributed by atoms with van der Waals surface area (Å²) in [6.07, 6.45) is 2.52. The summed E-state index contributed by atoms with van der Waals surface area (Å²) in [6.45, 7) is 2.51. The summed E-state index contributed by atoms with van der Waals surface area (Å²) in [4.78, 5) is 28.2. The lowest BCUT2D eigenvalue weighted by atomic mass is 10.0. The third-order valence-corrected chi connectivity index (χ3v) is 5.73. The monoisotopic (exact) mass is 420 g/mol. The molecule has 1 aromatic heterocycles. The van der Waals surface area contributed by atoms with E-state index in [2.05, 4.69) is 14.9 Å². The van der Waals surface area contributed by atoms with E-state index in [0.29, 0.717) is 12.2 Å². The summed E-state index contributed by atoms with van der Waals surface area (Å²) in [5, 5.41) is 8.62. The van der Waals surface area contributed by atoms with Crippen molar-refractivity contribution in [2.24, 2.45) is 0 Å². The predicted octanol–water partition coefficient (Wildman–Crippen LogP) is 3.55. The Morgan fingerprint density at radius 3 is 2.50 bits per heavy atom. The molecular formula is C23H24N4O2S. The molecule has 1 heterocycles. The minimum absolute atomic E-state index is 0.0466. The Kier molecular flexibility index (Phi) is 6.18. The molecule has 1 aliphatic rings. The van der Waals surface area contributed by atoms with E-state index in [1.807, 2.05) is 61.5 Å². The predicted molar refractivity (Wildman–Crippen MR) is 116 cm³/mol. The van der Waals surface area contributed by atoms with Gasteiger partial charge in [-0.3, -0.25) is 9.59 Å². The van der Waals surface area contributed by atoms with Crippen molar-refractivity contribution in [3.8, 4) is 0 Å². The number of aromatic nitrogens is 2. The summed E-state index contributed by atoms with van der Waals surface area (Å²) in [6, 6.07) is 17.2. The van der Waals surface area contributed by atoms with E-state index in [-0.39, 0.29) is 17.9 Å². The quantitative estimate of drug-likeness (QED) is 0.605. The minimum Gasteiger partial charge on any atom is -0.354 e. The Hall–Kier alpha value is -3.06. The summed E-state index contributed by atoms with van der Waals surface area (Å²) < 4.78 is 3.82. The molecule has 0 bridgehead atoms. The van der Waals surface area contributed by atoms with Crippen molar-refractivity contribution in [2.45, 2.75) is 38.3 Å². The van der Waals surface area contributed by atoms with Crippen LogP contribution >= 0.6 is 11.5 Å². The van der Waals surface area contributed by atoms with Crippen LogP contribution in [0, 0.1) is 6.92 Å². The second-order valence-corrected chi connectivity index (χ2v) is 8.18. The highest BCUT2D eigenvalue weighted by Gasteiger charge is 2.42. The minimum atomic E-state index is -0.692. The van der Waals surface area contributed by atoms with E-state index >= 15 is 0 Å². The van der Waals surface area contributed by atoms with Gasteiger partial charge in [0.25, 0.3) is 5.91 Å². The SMILES string of the molecule is Cc1ccc(C(C(=O)NCCc2ccccc2)N(C(=O)c2csnn2)C2CC2)cc1. The highest BCUT2D eigenvalue weighted by Crippen LogP contribution is 2.36. The van der Waals surface area contributed by atoms with Crippen LogP contribution in [0.5, 0.6) is 0 Å². The van der Waals surface area contributed by atoms with E-state index in [9.17, 15) is 9.59 Å². The molecule has 2 aromatic carbocycles. The van der Waals surface area contributed by atoms with E-state index in [1.54, 1.807) is 10.3 Å². The average molecular weight is 421 g/mol. The van der Waals surface area contributed by atoms with Crippen molar-refractivity contribution in [2.75, 3.05) is 6.54 Å². The molecule has 6 nitrogen and oxygen atoms in total. The Morgan fingerprint density at radius 1 is 1.13 bits per heavy atom. The lowest BCUT2D eigenvalue weighted by Crippen LogP contribution is -2.45. The van der Waals surface area contributed by atoms with Gasteiger partial charge in [0, 0.05) is 18.0 Å². The second kappa shape index (κ2) is 9.17. The molecule has 0 saturated heterocycles. The molecule has 1 unspecified atom stereocenters. The van der Waals surface area contributed by atoms with Crippen LogP contribution in [-0.4, -0.2) is 38.9 Å². The van der Waals surface area contributed by atoms with Crippen LogP contribution < -0.4 is 5.32 Å². The number of benzene rings is 2. The van der Waals surface area contributed by atoms with Gasteiger partial charge in [-0.15, -0.1) is 5.10 Å². The lowest BCUT2D eigenvalue weighted by Gasteiger charge is -2.31. The molecule has 1 N–H and O–H groups in total. The molecule has 0 spiro atoms. The molecule has 0 aliphatic heterocycles. The maximum Gasteiger partial charge on any atom is 0.276 e. The molecule has 1 saturated carbocycles. The third kappa shape index (κ3) is 4.74. The molecule has 3 aromatic rings. The number of carbonyl (C=O) groups is 2. The van der Waals surface area contributed by atoms with E-state index in [4.69, 9.17) is 0 Å². The number of hydrogen-bond acceptors (Lipinski definition) is 5. The fourth-order valence-electron chi connectivity index (χ4n) is 3.50. The van der Waals surface area contributed by atoms with Crippen molar-refractivity contribution < 1.29 is 9.59 Å². The Labute approximate surface area is 180 Å². The molecule has 1 aliphatic carbocycles. The van der Waals surface area contributed by atoms with Crippen molar-refractivity contribution in [1.29, 1.82) is 0 Å². The van der Waals surface area contributed by atoms with Gasteiger partial charge in [0.15, 0.2) is 5.69 Å². The average Bonchev–Trinajstić information content (AvgIpc) is 3.44. The van der Waals surface area contributed by atoms with Crippen molar-refractivity contribution in [1.82, 2.24) is 19.8 Å². The first-order valence-electron chi connectivity index (χ1n) is 10.1. The van der Waals surface area contributed by atoms with Crippen LogP contribution in [0.2, 0.25) is 0 Å². The second-order valence-electron chi connectivity index (χ2n) is 7.57. The zero-order valence-electron chi connectivity index (χ0n) is 16.8. The number of amides is 2. The van der Waals surface area contributed by atoms with Gasteiger partial charge in [0.1, 0.15) is 6.04 Å². The Morgan fingerprint density at radius 2 is 1.87 bits per heavy atom. The van der Waals surface area contributed by atoms with Gasteiger partial charge >= 0.3 is 0 Å². The Bertz CT molecular complexity index is 986. The van der Waals surface area contributed by atoms with Gasteiger partial charge < -0.3 is 10.2 Å². The van der Waals surface area contributed by atoms with Crippen LogP contribution in [0.15, 0.2) is 60.0 Å². The number of rotatable bonds is 8. The first kappa shape index (κ1) is 20.2. The number of nitrogens with one attached hydrogen (secondary N) is 1. The smallest absolute Gasteiger partial charge is 0.276 e. The van der Waals surface area contributed by atoms with Gasteiger partial charge in [0.2, 0.25) is 5.91 Å². The summed E-state index contributed by atoms with van der Waals surface area (Å²) in [5.41, 5.74) is 3.37. The van der Waals surface area contributed by atoms with Crippen molar-refractivity contribution in [3.05, 3.63) is 82.4 Å². The summed E-state index contributed by atoms with van der Waals surface area (Å²) in [5.74, 6) is -0.409. The van der Waals surface area contributed by atoms with Gasteiger partial charge in [0.05, 0.1) is 0 Å². The number of hydrogen-bond donors (Lipinski definition) is 1. The molecule has 4 rings (SSSR count). The van der Waals surface area contributed by atoms with Crippen molar-refractivity contribution >= 4 is 23.3 Å². The molecule has 1 fully saturated rings. The summed E-state index contributed by atoms with van der Waals surface area (Å²) >= 11 is 1.14. The van der Waals surface area contributed by atoms with E-state index in [0.717, 1.165) is 47.5 Å². The van der Waals surface area contributed by atoms with E-state index in [1.165, 1.54) is 0 Å². The van der Waals surface area contributed by atoms with Crippen molar-refractivity contribution in [3.63, 3.8) is 0 Å². The van der Waals surface area contributed by atoms with Gasteiger partial charge in [-0.25, -0.2) is 0 Å². The highest BCUT2D eigenvalue weighted by atomic mass is 32.1. The fraction of sp³-hybridized carbons (Fsp3) is 0.304. The zero-order chi connectivity index (χ0) is 20.9.